The van der Waals surface area contributed by atoms with Gasteiger partial charge in [-0.05, 0) is 115 Å². The highest BCUT2D eigenvalue weighted by molar-refractivity contribution is 7.91. The van der Waals surface area contributed by atoms with E-state index in [4.69, 9.17) is 98.7 Å². The Morgan fingerprint density at radius 1 is 0.395 bits per heavy atom. The number of sulfone groups is 1. The van der Waals surface area contributed by atoms with Crippen molar-refractivity contribution in [3.63, 3.8) is 0 Å². The summed E-state index contributed by atoms with van der Waals surface area (Å²) in [6.45, 7) is 50.9. The molecule has 0 spiro atoms. The van der Waals surface area contributed by atoms with E-state index in [-0.39, 0.29) is 72.8 Å². The molecule has 25 heteroatoms. The summed E-state index contributed by atoms with van der Waals surface area (Å²) in [4.78, 5) is 44.7. The number of carbonyl (C=O) groups excluding carboxylic acids is 4. The number of Topliss-reactive ketones (excluding diaryl/α,β-unsaturated/α-hetero) is 3. The highest BCUT2D eigenvalue weighted by Crippen LogP contribution is 2.02. The van der Waals surface area contributed by atoms with Crippen LogP contribution in [0.25, 0.3) is 0 Å². The molecule has 0 fully saturated rings. The fraction of sp³-hybridized carbons (Fsp3) is 0.869. The second-order valence-electron chi connectivity index (χ2n) is 23.4. The zero-order valence-electron chi connectivity index (χ0n) is 58.9. The summed E-state index contributed by atoms with van der Waals surface area (Å²) in [6.07, 6.45) is 7.19. The summed E-state index contributed by atoms with van der Waals surface area (Å²) >= 11 is 19.4. The van der Waals surface area contributed by atoms with Crippen molar-refractivity contribution in [1.29, 1.82) is 0 Å². The maximum absolute atomic E-state index is 10.6. The van der Waals surface area contributed by atoms with Gasteiger partial charge >= 0.3 is 5.97 Å². The molecule has 0 heterocycles. The first-order chi connectivity index (χ1) is 39.4. The quantitative estimate of drug-likeness (QED) is 0.0246. The van der Waals surface area contributed by atoms with E-state index in [1.165, 1.54) is 12.8 Å². The van der Waals surface area contributed by atoms with Gasteiger partial charge in [0.25, 0.3) is 0 Å². The van der Waals surface area contributed by atoms with Crippen LogP contribution in [0, 0.1) is 35.5 Å². The minimum absolute atomic E-state index is 0.0296. The summed E-state index contributed by atoms with van der Waals surface area (Å²) in [5, 5.41) is 6.29. The van der Waals surface area contributed by atoms with Crippen molar-refractivity contribution < 1.29 is 37.1 Å². The standard InChI is InChI=1S/C6H14N2O.C6H14N2S.2C6H13NO.2C6H13NS.C6H14.C5H11NO2.C5H11NOS.C5H13N.C4H11NO2S/c2*1-5(2)8-4-6(9)3-7;4*1-5(2)3-6(8)4-7;1-4-5-6(2)3;1-4(2)8-5(7)3-6;1-4(2)7-5(8)3-6;1-5(2)3-4-6;1-4(2)8(6,7)3-5/h2*5,8H,3-4,7H2,1-2H3;4*5H,3-4,7H2,1-2H3;6H,4-5H2,1-3H3;2*4H,3,6H2,1-2H3;5H,3-4,6H2,1-2H3;4H,3,5H2,1-2H3. The summed E-state index contributed by atoms with van der Waals surface area (Å²) in [7, 11) is -2.96. The summed E-state index contributed by atoms with van der Waals surface area (Å²) in [5.41, 5.74) is 51.3. The molecule has 0 aliphatic rings. The second kappa shape index (κ2) is 79.2. The first kappa shape index (κ1) is 109. The third-order valence-electron chi connectivity index (χ3n) is 8.95. The Balaban J connectivity index is -0.0000000801. The van der Waals surface area contributed by atoms with Crippen LogP contribution in [-0.2, 0) is 38.5 Å². The van der Waals surface area contributed by atoms with E-state index in [2.05, 4.69) is 104 Å². The molecule has 0 aromatic heterocycles. The van der Waals surface area contributed by atoms with E-state index in [0.29, 0.717) is 86.4 Å². The largest absolute Gasteiger partial charge is 0.483 e. The van der Waals surface area contributed by atoms with E-state index in [1.807, 2.05) is 55.4 Å². The lowest BCUT2D eigenvalue weighted by atomic mass is 10.1. The fourth-order valence-corrected chi connectivity index (χ4v) is 5.99. The van der Waals surface area contributed by atoms with E-state index in [1.54, 1.807) is 27.7 Å². The third-order valence-corrected chi connectivity index (χ3v) is 12.1. The number of esters is 1. The number of carbonyl (C=O) groups is 4. The number of hydrogen-bond acceptors (Lipinski definition) is 24. The van der Waals surface area contributed by atoms with E-state index in [9.17, 15) is 27.6 Å². The number of thiocarbonyl (C=S) groups is 4. The van der Waals surface area contributed by atoms with Crippen molar-refractivity contribution in [2.45, 2.75) is 234 Å². The number of nitrogens with one attached hydrogen (secondary N) is 2. The van der Waals surface area contributed by atoms with Crippen molar-refractivity contribution in [2.75, 3.05) is 77.9 Å². The molecular formula is C61H140N12O8S5. The minimum Gasteiger partial charge on any atom is -0.483 e. The molecule has 0 radical (unpaired) electrons. The van der Waals surface area contributed by atoms with Crippen LogP contribution in [0.4, 0.5) is 0 Å². The molecule has 0 aromatic carbocycles. The molecule has 22 N–H and O–H groups in total. The van der Waals surface area contributed by atoms with Gasteiger partial charge in [-0.3, -0.25) is 19.2 Å². The van der Waals surface area contributed by atoms with Gasteiger partial charge in [0.2, 0.25) is 0 Å². The van der Waals surface area contributed by atoms with Crippen LogP contribution in [0.2, 0.25) is 0 Å². The molecule has 0 aliphatic carbocycles. The maximum atomic E-state index is 10.6. The van der Waals surface area contributed by atoms with E-state index in [0.717, 1.165) is 58.8 Å². The van der Waals surface area contributed by atoms with Crippen LogP contribution < -0.4 is 68.0 Å². The first-order valence-corrected chi connectivity index (χ1v) is 33.9. The third kappa shape index (κ3) is 136. The minimum atomic E-state index is -2.96. The Bertz CT molecular complexity index is 1470. The zero-order valence-corrected chi connectivity index (χ0v) is 62.9. The van der Waals surface area contributed by atoms with E-state index >= 15 is 0 Å². The molecule has 20 nitrogen and oxygen atoms in total. The zero-order chi connectivity index (χ0) is 70.7. The van der Waals surface area contributed by atoms with Gasteiger partial charge in [-0.1, -0.05) is 167 Å². The van der Waals surface area contributed by atoms with Gasteiger partial charge in [-0.15, -0.1) is 0 Å². The monoisotopic (exact) mass is 1330 g/mol. The Morgan fingerprint density at radius 3 is 0.837 bits per heavy atom. The first-order valence-electron chi connectivity index (χ1n) is 30.5. The van der Waals surface area contributed by atoms with Gasteiger partial charge in [0.05, 0.1) is 62.6 Å². The molecule has 0 atom stereocenters. The smallest absolute Gasteiger partial charge is 0.319 e. The average molecular weight is 1330 g/mol. The highest BCUT2D eigenvalue weighted by atomic mass is 32.2. The van der Waals surface area contributed by atoms with Crippen LogP contribution >= 0.6 is 48.9 Å². The molecule has 0 saturated heterocycles. The van der Waals surface area contributed by atoms with Gasteiger partial charge in [-0.2, -0.15) is 0 Å². The Kier molecular flexibility index (Phi) is 100. The van der Waals surface area contributed by atoms with E-state index < -0.39 is 9.84 Å². The molecule has 86 heavy (non-hydrogen) atoms. The Hall–Kier alpha value is -1.89. The number of ketones is 3. The lowest BCUT2D eigenvalue weighted by molar-refractivity contribution is -0.145. The maximum Gasteiger partial charge on any atom is 0.319 e. The van der Waals surface area contributed by atoms with Crippen molar-refractivity contribution in [3.05, 3.63) is 0 Å². The number of rotatable bonds is 30. The Morgan fingerprint density at radius 2 is 0.721 bits per heavy atom. The summed E-state index contributed by atoms with van der Waals surface area (Å²) in [5.74, 6) is 3.66. The molecule has 0 unspecified atom stereocenters. The second-order valence-corrected chi connectivity index (χ2v) is 28.2. The summed E-state index contributed by atoms with van der Waals surface area (Å²) < 4.78 is 30.8. The number of hydrogen-bond donors (Lipinski definition) is 12. The SMILES string of the molecule is CC(C)CC(=O)CN.CC(C)CC(=O)CN.CC(C)CC(=S)CN.CC(C)CC(=S)CN.CC(C)CCN.CC(C)NCC(=O)CN.CC(C)NCC(=S)CN.CC(C)OC(=O)CN.CC(C)OC(=S)CN.CC(C)S(=O)(=O)CN.CCCC(C)C. The van der Waals surface area contributed by atoms with Gasteiger partial charge < -0.3 is 77.4 Å². The molecular weight excluding hydrogens is 1190 g/mol. The summed E-state index contributed by atoms with van der Waals surface area (Å²) in [6, 6.07) is 0.856. The lowest BCUT2D eigenvalue weighted by Crippen LogP contribution is -2.32. The van der Waals surface area contributed by atoms with Crippen LogP contribution in [0.3, 0.4) is 0 Å². The Labute approximate surface area is 550 Å². The van der Waals surface area contributed by atoms with Crippen LogP contribution in [0.5, 0.6) is 0 Å². The van der Waals surface area contributed by atoms with Gasteiger partial charge in [0.1, 0.15) is 11.6 Å². The van der Waals surface area contributed by atoms with Crippen molar-refractivity contribution in [1.82, 2.24) is 10.6 Å². The molecule has 0 aromatic rings. The molecule has 0 rings (SSSR count). The number of nitrogens with two attached hydrogens (primary N) is 10. The van der Waals surface area contributed by atoms with Crippen LogP contribution in [0.15, 0.2) is 0 Å². The van der Waals surface area contributed by atoms with Crippen molar-refractivity contribution in [2.24, 2.45) is 92.8 Å². The average Bonchev–Trinajstić information content (AvgIpc) is 3.39. The van der Waals surface area contributed by atoms with Gasteiger partial charge in [0.15, 0.2) is 20.7 Å². The normalized spacial score (nSPS) is 10.2. The van der Waals surface area contributed by atoms with Gasteiger partial charge in [-0.25, -0.2) is 8.42 Å². The van der Waals surface area contributed by atoms with Crippen molar-refractivity contribution in [3.8, 4) is 0 Å². The fourth-order valence-electron chi connectivity index (χ4n) is 4.66. The predicted octanol–water partition coefficient (Wildman–Crippen LogP) is 7.42. The number of ether oxygens (including phenoxy) is 2. The van der Waals surface area contributed by atoms with Crippen LogP contribution in [0.1, 0.15) is 204 Å². The van der Waals surface area contributed by atoms with Gasteiger partial charge in [0, 0.05) is 65.7 Å². The molecule has 522 valence electrons. The van der Waals surface area contributed by atoms with Crippen LogP contribution in [-0.4, -0.2) is 159 Å². The lowest BCUT2D eigenvalue weighted by Gasteiger charge is -2.07. The molecule has 0 saturated carbocycles. The molecule has 0 aliphatic heterocycles. The predicted molar refractivity (Wildman–Crippen MR) is 391 cm³/mol. The topological polar surface area (TPSA) is 405 Å². The van der Waals surface area contributed by atoms with Crippen molar-refractivity contribution >= 4 is 102 Å². The highest BCUT2D eigenvalue weighted by Gasteiger charge is 2.12. The molecule has 0 amide bonds. The molecule has 0 bridgehead atoms.